The highest BCUT2D eigenvalue weighted by molar-refractivity contribution is 8.15. The number of Topliss-reactive ketones (excluding diaryl/α,β-unsaturated/α-hetero) is 2. The second kappa shape index (κ2) is 40.2. The number of thioether (sulfide) groups is 1. The van der Waals surface area contributed by atoms with Gasteiger partial charge in [-0.1, -0.05) is 49.8 Å². The SMILES string of the molecule is Cc1c(C)c(C)c2c(=O)onc(C)c2c1C.Cc1c(C)c(C)c2c(c1C)C(=O)CC2(C)C.Cc1c(C)c(C)c2c(c1C)C(=O)CCC2C.Cc1c(C)c(C)c2c(c1C)C(=O)OC2(C)C.Cc1c(C)c(C)c2c(c1C)C(=O)OCC2C.Cc1c(C)c(C)c2c(c1C)C(=O)SC2(C)C.Cc1c(C)c(C)c2c(nnn2C)c1C.Cc1c(C)c(C)c2nonc2c1C.Cc1c(C)c(C)c2nsnc2c1C. The minimum absolute atomic E-state index is 0.0136. The highest BCUT2D eigenvalue weighted by atomic mass is 32.2. The smallest absolute Gasteiger partial charge is 0.366 e. The van der Waals surface area contributed by atoms with E-state index in [1.54, 1.807) is 0 Å². The molecule has 0 bridgehead atoms. The average Bonchev–Trinajstić information content (AvgIpc) is 1.62. The van der Waals surface area contributed by atoms with Gasteiger partial charge in [0, 0.05) is 58.2 Å². The third-order valence-electron chi connectivity index (χ3n) is 32.7. The van der Waals surface area contributed by atoms with Crippen LogP contribution < -0.4 is 5.63 Å². The van der Waals surface area contributed by atoms with Gasteiger partial charge in [0.25, 0.3) is 0 Å². The van der Waals surface area contributed by atoms with Crippen LogP contribution in [0.2, 0.25) is 0 Å². The summed E-state index contributed by atoms with van der Waals surface area (Å²) in [5, 5.41) is 21.7. The Morgan fingerprint density at radius 3 is 1.18 bits per heavy atom. The Hall–Kier alpha value is -11.0. The molecule has 0 radical (unpaired) electrons. The molecular weight excluding hydrogens is 1730 g/mol. The minimum atomic E-state index is -0.486. The van der Waals surface area contributed by atoms with Crippen LogP contribution in [-0.2, 0) is 32.3 Å². The lowest BCUT2D eigenvalue weighted by Gasteiger charge is -2.28. The van der Waals surface area contributed by atoms with Gasteiger partial charge in [0.1, 0.15) is 33.2 Å². The zero-order chi connectivity index (χ0) is 102. The predicted octanol–water partition coefficient (Wildman–Crippen LogP) is 28.7. The molecule has 2 aliphatic carbocycles. The molecule has 0 N–H and O–H groups in total. The van der Waals surface area contributed by atoms with E-state index in [0.717, 1.165) is 118 Å². The lowest BCUT2D eigenvalue weighted by Crippen LogP contribution is -2.24. The van der Waals surface area contributed by atoms with E-state index in [2.05, 4.69) is 277 Å². The number of nitrogens with zero attached hydrogens (tertiary/aromatic N) is 8. The maximum Gasteiger partial charge on any atom is 0.366 e. The summed E-state index contributed by atoms with van der Waals surface area (Å²) in [5.41, 5.74) is 61.6. The number of ether oxygens (including phenoxy) is 2. The van der Waals surface area contributed by atoms with Crippen molar-refractivity contribution in [2.45, 2.75) is 358 Å². The number of cyclic esters (lactones) is 2. The van der Waals surface area contributed by atoms with Gasteiger partial charge in [0.2, 0.25) is 5.12 Å². The second-order valence-corrected chi connectivity index (χ2v) is 43.2. The molecule has 3 aliphatic heterocycles. The number of carbonyl (C=O) groups excluding carboxylic acids is 5. The number of ketones is 2. The zero-order valence-electron chi connectivity index (χ0n) is 90.5. The van der Waals surface area contributed by atoms with E-state index in [0.29, 0.717) is 41.8 Å². The summed E-state index contributed by atoms with van der Waals surface area (Å²) < 4.78 is 30.6. The fraction of sp³-hybridized carbons (Fsp3) is 0.474. The number of benzene rings is 9. The molecule has 136 heavy (non-hydrogen) atoms. The van der Waals surface area contributed by atoms with Crippen LogP contribution in [0.3, 0.4) is 0 Å². The summed E-state index contributed by atoms with van der Waals surface area (Å²) in [4.78, 5) is 71.7. The van der Waals surface area contributed by atoms with Gasteiger partial charge >= 0.3 is 17.6 Å². The van der Waals surface area contributed by atoms with Crippen LogP contribution in [0.25, 0.3) is 43.9 Å². The number of rotatable bonds is 0. The van der Waals surface area contributed by atoms with Gasteiger partial charge in [-0.3, -0.25) is 14.4 Å². The molecule has 9 aromatic carbocycles. The van der Waals surface area contributed by atoms with E-state index < -0.39 is 5.60 Å². The number of fused-ring (bicyclic) bond motifs is 9. The van der Waals surface area contributed by atoms with Gasteiger partial charge in [-0.15, -0.1) is 5.10 Å². The van der Waals surface area contributed by atoms with Crippen LogP contribution in [0.1, 0.15) is 372 Å². The molecule has 4 aromatic heterocycles. The molecule has 18 rings (SSSR count). The van der Waals surface area contributed by atoms with Crippen molar-refractivity contribution in [1.29, 1.82) is 0 Å². The van der Waals surface area contributed by atoms with Gasteiger partial charge in [0.15, 0.2) is 11.6 Å². The number of carbonyl (C=O) groups is 5. The number of hydrogen-bond acceptors (Lipinski definition) is 19. The summed E-state index contributed by atoms with van der Waals surface area (Å²) >= 11 is 2.76. The maximum absolute atomic E-state index is 12.1. The summed E-state index contributed by atoms with van der Waals surface area (Å²) in [5.74, 6) is 1.18. The van der Waals surface area contributed by atoms with Gasteiger partial charge in [-0.2, -0.15) is 8.75 Å². The topological polar surface area (TPSA) is 242 Å². The van der Waals surface area contributed by atoms with Crippen molar-refractivity contribution in [2.75, 3.05) is 6.61 Å². The van der Waals surface area contributed by atoms with E-state index in [4.69, 9.17) is 18.6 Å². The normalized spacial score (nSPS) is 15.4. The third kappa shape index (κ3) is 19.1. The Kier molecular flexibility index (Phi) is 31.7. The highest BCUT2D eigenvalue weighted by Crippen LogP contribution is 2.52. The van der Waals surface area contributed by atoms with Gasteiger partial charge in [-0.25, -0.2) is 23.7 Å². The third-order valence-corrected chi connectivity index (χ3v) is 34.3. The summed E-state index contributed by atoms with van der Waals surface area (Å²) in [6.45, 7) is 94.9. The molecule has 7 heterocycles. The molecule has 13 aromatic rings. The van der Waals surface area contributed by atoms with Crippen molar-refractivity contribution >= 4 is 96.0 Å². The van der Waals surface area contributed by atoms with Gasteiger partial charge < -0.3 is 14.0 Å². The van der Waals surface area contributed by atoms with Crippen LogP contribution in [0.5, 0.6) is 0 Å². The molecule has 5 aliphatic rings. The van der Waals surface area contributed by atoms with Crippen LogP contribution in [0, 0.1) is 256 Å². The Morgan fingerprint density at radius 1 is 0.338 bits per heavy atom. The van der Waals surface area contributed by atoms with Crippen molar-refractivity contribution < 1.29 is 42.6 Å². The Bertz CT molecular complexity index is 6710. The fourth-order valence-corrected chi connectivity index (χ4v) is 23.1. The van der Waals surface area contributed by atoms with Crippen LogP contribution >= 0.6 is 23.5 Å². The molecule has 0 saturated carbocycles. The number of hydrogen-bond donors (Lipinski definition) is 0. The van der Waals surface area contributed by atoms with Crippen molar-refractivity contribution in [3.05, 3.63) is 272 Å². The lowest BCUT2D eigenvalue weighted by atomic mass is 9.76. The van der Waals surface area contributed by atoms with E-state index in [1.807, 2.05) is 81.0 Å². The van der Waals surface area contributed by atoms with E-state index in [1.165, 1.54) is 218 Å². The Morgan fingerprint density at radius 2 is 0.706 bits per heavy atom. The predicted molar refractivity (Wildman–Crippen MR) is 562 cm³/mol. The van der Waals surface area contributed by atoms with Gasteiger partial charge in [0.05, 0.1) is 46.1 Å². The first-order valence-corrected chi connectivity index (χ1v) is 49.2. The molecule has 20 heteroatoms. The van der Waals surface area contributed by atoms with E-state index in [9.17, 15) is 28.8 Å². The molecule has 2 atom stereocenters. The highest BCUT2D eigenvalue weighted by Gasteiger charge is 2.44. The first-order valence-electron chi connectivity index (χ1n) is 47.7. The number of aromatic nitrogens is 8. The fourth-order valence-electron chi connectivity index (χ4n) is 21.3. The standard InChI is InChI=1S/2C15H20O.2C14H18O2.C14H18OS.C13H15NO2.C11H15N3.C10H12N2O.C10H12N2S/c1-8-9(2)11(4)14-13(10(8)3)12(16)7-15(14,5)6;1-8-6-7-13(16)15-12(5)10(3)9(2)11(4)14(8)15;1-7-8(2)10(4)12-11(9(7)3)13(15)16-14(12,5)6;1-7-6-16-14(15)13-11(5)9(3)8(2)10(4)12(7)13;1-7-8(2)10(4)12-11(9(7)3)13(15)16-14(12,5)6;1-6-7(2)9(4)12-11(8(6)3)10(5)14-16-13(12)15;1-6-7(2)9(4)11-10(8(6)3)12-13-14(11)5;2*1-5-6(2)8(4)10-9(7(5)3)11-13-12-10/h7H2,1-6H3;8H,6-7H2,1-5H3;1-6H3;7H,6H2,1-5H3;1-6H3;1-5H3;1-5H3;2*1-4H3. The lowest BCUT2D eigenvalue weighted by molar-refractivity contribution is 0.00927. The molecule has 0 saturated heterocycles. The molecule has 18 nitrogen and oxygen atoms in total. The molecule has 724 valence electrons. The zero-order valence-corrected chi connectivity index (χ0v) is 92.1. The average molecular weight is 1880 g/mol. The minimum Gasteiger partial charge on any atom is -0.461 e. The molecule has 2 unspecified atom stereocenters. The summed E-state index contributed by atoms with van der Waals surface area (Å²) in [6.07, 6.45) is 2.39. The molecule has 0 spiro atoms. The summed E-state index contributed by atoms with van der Waals surface area (Å²) in [7, 11) is 1.94. The monoisotopic (exact) mass is 1880 g/mol. The quantitative estimate of drug-likeness (QED) is 0.128. The van der Waals surface area contributed by atoms with Crippen molar-refractivity contribution in [1.82, 2.24) is 39.2 Å². The van der Waals surface area contributed by atoms with Crippen molar-refractivity contribution in [3.63, 3.8) is 0 Å². The second-order valence-electron chi connectivity index (χ2n) is 41.1. The Labute approximate surface area is 816 Å². The van der Waals surface area contributed by atoms with Crippen LogP contribution in [-0.4, -0.2) is 74.4 Å². The maximum atomic E-state index is 12.1. The van der Waals surface area contributed by atoms with E-state index >= 15 is 0 Å². The van der Waals surface area contributed by atoms with Crippen molar-refractivity contribution in [3.8, 4) is 0 Å². The van der Waals surface area contributed by atoms with Crippen molar-refractivity contribution in [2.24, 2.45) is 7.05 Å². The molecule has 0 amide bonds. The first kappa shape index (κ1) is 107. The molecule has 0 fully saturated rings. The number of aryl methyl sites for hydroxylation is 10. The summed E-state index contributed by atoms with van der Waals surface area (Å²) in [6, 6.07) is 0. The van der Waals surface area contributed by atoms with Crippen LogP contribution in [0.4, 0.5) is 0 Å². The molecular formula is C116H148N8O10S2. The van der Waals surface area contributed by atoms with E-state index in [-0.39, 0.29) is 32.8 Å². The largest absolute Gasteiger partial charge is 0.461 e. The van der Waals surface area contributed by atoms with Crippen LogP contribution in [0.15, 0.2) is 13.9 Å². The van der Waals surface area contributed by atoms with Gasteiger partial charge in [-0.05, 0) is 534 Å². The first-order chi connectivity index (χ1) is 62.9. The number of esters is 2. The Balaban J connectivity index is 0.000000158.